The van der Waals surface area contributed by atoms with Crippen molar-refractivity contribution in [2.45, 2.75) is 24.7 Å². The number of carbonyl (C=O) groups is 2. The molecule has 1 aromatic carbocycles. The summed E-state index contributed by atoms with van der Waals surface area (Å²) in [6.07, 6.45) is 1.75. The van der Waals surface area contributed by atoms with Crippen LogP contribution in [-0.2, 0) is 14.8 Å². The third-order valence-corrected chi connectivity index (χ3v) is 5.57. The standard InChI is InChI=1S/C14H17N3O4S/c1-9-2-5-12-11(8-9)16-14(19)17(22(12,20)21)7-6-15-13(18)10-3-4-10/h2,5,8,10H,3-4,6-7H2,1H3,(H,15,18)(H,16,19). The molecule has 0 saturated heterocycles. The average Bonchev–Trinajstić information content (AvgIpc) is 3.26. The maximum atomic E-state index is 12.5. The van der Waals surface area contributed by atoms with Gasteiger partial charge in [-0.15, -0.1) is 0 Å². The third-order valence-electron chi connectivity index (χ3n) is 3.73. The molecule has 8 heteroatoms. The van der Waals surface area contributed by atoms with Gasteiger partial charge in [-0.2, -0.15) is 0 Å². The van der Waals surface area contributed by atoms with Crippen LogP contribution in [0.15, 0.2) is 23.1 Å². The van der Waals surface area contributed by atoms with Gasteiger partial charge in [-0.3, -0.25) is 4.79 Å². The highest BCUT2D eigenvalue weighted by molar-refractivity contribution is 7.90. The van der Waals surface area contributed by atoms with Gasteiger partial charge >= 0.3 is 6.03 Å². The number of urea groups is 1. The van der Waals surface area contributed by atoms with Gasteiger partial charge in [0, 0.05) is 12.5 Å². The summed E-state index contributed by atoms with van der Waals surface area (Å²) in [5.74, 6) is -0.0265. The van der Waals surface area contributed by atoms with E-state index in [2.05, 4.69) is 10.6 Å². The molecule has 1 aliphatic heterocycles. The van der Waals surface area contributed by atoms with Gasteiger partial charge in [-0.1, -0.05) is 6.07 Å². The molecule has 1 aliphatic carbocycles. The van der Waals surface area contributed by atoms with E-state index >= 15 is 0 Å². The van der Waals surface area contributed by atoms with Crippen molar-refractivity contribution in [1.82, 2.24) is 9.62 Å². The molecule has 2 N–H and O–H groups in total. The Morgan fingerprint density at radius 2 is 2.14 bits per heavy atom. The van der Waals surface area contributed by atoms with E-state index in [4.69, 9.17) is 0 Å². The fourth-order valence-corrected chi connectivity index (χ4v) is 3.83. The number of hydrogen-bond donors (Lipinski definition) is 2. The van der Waals surface area contributed by atoms with Crippen molar-refractivity contribution < 1.29 is 18.0 Å². The Morgan fingerprint density at radius 1 is 1.41 bits per heavy atom. The van der Waals surface area contributed by atoms with E-state index in [1.807, 2.05) is 6.92 Å². The topological polar surface area (TPSA) is 95.6 Å². The molecule has 3 rings (SSSR count). The Bertz CT molecular complexity index is 740. The number of benzene rings is 1. The van der Waals surface area contributed by atoms with E-state index in [0.29, 0.717) is 5.69 Å². The van der Waals surface area contributed by atoms with E-state index in [0.717, 1.165) is 22.7 Å². The first-order valence-electron chi connectivity index (χ1n) is 7.11. The number of fused-ring (bicyclic) bond motifs is 1. The normalized spacial score (nSPS) is 19.3. The van der Waals surface area contributed by atoms with Crippen LogP contribution in [0.2, 0.25) is 0 Å². The highest BCUT2D eigenvalue weighted by atomic mass is 32.2. The molecule has 0 atom stereocenters. The van der Waals surface area contributed by atoms with Crippen LogP contribution >= 0.6 is 0 Å². The predicted octanol–water partition coefficient (Wildman–Crippen LogP) is 1.06. The van der Waals surface area contributed by atoms with Crippen molar-refractivity contribution in [3.8, 4) is 0 Å². The van der Waals surface area contributed by atoms with Gasteiger partial charge in [-0.25, -0.2) is 17.5 Å². The molecule has 0 bridgehead atoms. The zero-order valence-corrected chi connectivity index (χ0v) is 12.9. The maximum Gasteiger partial charge on any atom is 0.335 e. The average molecular weight is 323 g/mol. The highest BCUT2D eigenvalue weighted by Gasteiger charge is 2.36. The van der Waals surface area contributed by atoms with Gasteiger partial charge < -0.3 is 10.6 Å². The smallest absolute Gasteiger partial charge is 0.335 e. The Labute approximate surface area is 128 Å². The Hall–Kier alpha value is -2.09. The number of nitrogens with one attached hydrogen (secondary N) is 2. The number of rotatable bonds is 4. The maximum absolute atomic E-state index is 12.5. The summed E-state index contributed by atoms with van der Waals surface area (Å²) in [5, 5.41) is 5.23. The second-order valence-electron chi connectivity index (χ2n) is 5.57. The van der Waals surface area contributed by atoms with Gasteiger partial charge in [-0.05, 0) is 37.5 Å². The lowest BCUT2D eigenvalue weighted by molar-refractivity contribution is -0.122. The zero-order chi connectivity index (χ0) is 15.9. The lowest BCUT2D eigenvalue weighted by Gasteiger charge is -2.29. The monoisotopic (exact) mass is 323 g/mol. The van der Waals surface area contributed by atoms with Crippen LogP contribution in [0.3, 0.4) is 0 Å². The summed E-state index contributed by atoms with van der Waals surface area (Å²) in [5.41, 5.74) is 1.16. The van der Waals surface area contributed by atoms with Crippen molar-refractivity contribution in [2.75, 3.05) is 18.4 Å². The molecular weight excluding hydrogens is 306 g/mol. The van der Waals surface area contributed by atoms with E-state index in [9.17, 15) is 18.0 Å². The molecule has 1 fully saturated rings. The molecule has 1 aromatic rings. The van der Waals surface area contributed by atoms with Crippen molar-refractivity contribution in [3.63, 3.8) is 0 Å². The summed E-state index contributed by atoms with van der Waals surface area (Å²) in [6, 6.07) is 4.09. The molecule has 3 amide bonds. The van der Waals surface area contributed by atoms with Crippen LogP contribution in [0.1, 0.15) is 18.4 Å². The number of aryl methyl sites for hydroxylation is 1. The minimum Gasteiger partial charge on any atom is -0.354 e. The van der Waals surface area contributed by atoms with E-state index < -0.39 is 16.1 Å². The van der Waals surface area contributed by atoms with Gasteiger partial charge in [0.05, 0.1) is 12.2 Å². The molecule has 22 heavy (non-hydrogen) atoms. The summed E-state index contributed by atoms with van der Waals surface area (Å²) < 4.78 is 25.8. The number of sulfonamides is 1. The van der Waals surface area contributed by atoms with Crippen LogP contribution in [0, 0.1) is 12.8 Å². The first-order valence-corrected chi connectivity index (χ1v) is 8.55. The highest BCUT2D eigenvalue weighted by Crippen LogP contribution is 2.31. The van der Waals surface area contributed by atoms with Crippen molar-refractivity contribution >= 4 is 27.6 Å². The fourth-order valence-electron chi connectivity index (χ4n) is 2.36. The SMILES string of the molecule is Cc1ccc2c(c1)NC(=O)N(CCNC(=O)C1CC1)S2(=O)=O. The summed E-state index contributed by atoms with van der Waals surface area (Å²) in [7, 11) is -3.88. The van der Waals surface area contributed by atoms with E-state index in [1.54, 1.807) is 12.1 Å². The summed E-state index contributed by atoms with van der Waals surface area (Å²) in [6.45, 7) is 1.85. The first-order chi connectivity index (χ1) is 10.4. The molecule has 0 radical (unpaired) electrons. The molecule has 0 unspecified atom stereocenters. The number of anilines is 1. The first kappa shape index (κ1) is 14.8. The zero-order valence-electron chi connectivity index (χ0n) is 12.1. The Morgan fingerprint density at radius 3 is 2.82 bits per heavy atom. The fraction of sp³-hybridized carbons (Fsp3) is 0.429. The van der Waals surface area contributed by atoms with Crippen LogP contribution in [-0.4, -0.2) is 37.8 Å². The Balaban J connectivity index is 1.75. The molecule has 7 nitrogen and oxygen atoms in total. The minimum absolute atomic E-state index is 0.0514. The van der Waals surface area contributed by atoms with Crippen LogP contribution in [0.25, 0.3) is 0 Å². The second-order valence-corrected chi connectivity index (χ2v) is 7.40. The van der Waals surface area contributed by atoms with Crippen LogP contribution in [0.5, 0.6) is 0 Å². The molecule has 1 heterocycles. The third kappa shape index (κ3) is 2.66. The lowest BCUT2D eigenvalue weighted by Crippen LogP contribution is -2.47. The van der Waals surface area contributed by atoms with E-state index in [-0.39, 0.29) is 29.8 Å². The molecular formula is C14H17N3O4S. The van der Waals surface area contributed by atoms with Crippen molar-refractivity contribution in [3.05, 3.63) is 23.8 Å². The molecule has 118 valence electrons. The summed E-state index contributed by atoms with van der Waals surface area (Å²) >= 11 is 0. The molecule has 2 aliphatic rings. The van der Waals surface area contributed by atoms with Crippen molar-refractivity contribution in [1.29, 1.82) is 0 Å². The van der Waals surface area contributed by atoms with Gasteiger partial charge in [0.15, 0.2) is 0 Å². The molecule has 0 spiro atoms. The number of hydrogen-bond acceptors (Lipinski definition) is 4. The number of carbonyl (C=O) groups excluding carboxylic acids is 2. The predicted molar refractivity (Wildman–Crippen MR) is 79.8 cm³/mol. The van der Waals surface area contributed by atoms with Crippen molar-refractivity contribution in [2.24, 2.45) is 5.92 Å². The lowest BCUT2D eigenvalue weighted by atomic mass is 10.2. The largest absolute Gasteiger partial charge is 0.354 e. The van der Waals surface area contributed by atoms with Gasteiger partial charge in [0.25, 0.3) is 10.0 Å². The summed E-state index contributed by atoms with van der Waals surface area (Å²) in [4.78, 5) is 23.7. The van der Waals surface area contributed by atoms with Crippen LogP contribution < -0.4 is 10.6 Å². The van der Waals surface area contributed by atoms with Gasteiger partial charge in [0.2, 0.25) is 5.91 Å². The van der Waals surface area contributed by atoms with E-state index in [1.165, 1.54) is 6.07 Å². The second kappa shape index (κ2) is 5.28. The Kier molecular flexibility index (Phi) is 3.56. The number of amides is 3. The quantitative estimate of drug-likeness (QED) is 0.866. The number of nitrogens with zero attached hydrogens (tertiary/aromatic N) is 1. The molecule has 0 aromatic heterocycles. The molecule has 1 saturated carbocycles. The minimum atomic E-state index is -3.88. The van der Waals surface area contributed by atoms with Crippen LogP contribution in [0.4, 0.5) is 10.5 Å². The van der Waals surface area contributed by atoms with Gasteiger partial charge in [0.1, 0.15) is 4.90 Å².